The number of hydrogen-bond donors (Lipinski definition) is 1. The standard InChI is InChI=1S/C26H21N3O3S2/c1-16-22(24(30)28-19-8-4-3-5-9-19)23(18-7-6-10-20(14-18)32-2)29-25(31)21(34-26(29)27-16)13-17-11-12-33-15-17/h3-15,23H,1-2H3,(H,28,30)/t23-/m1/s1. The Morgan fingerprint density at radius 3 is 2.71 bits per heavy atom. The minimum atomic E-state index is -0.639. The minimum absolute atomic E-state index is 0.180. The zero-order valence-corrected chi connectivity index (χ0v) is 20.2. The first-order valence-electron chi connectivity index (χ1n) is 10.6. The van der Waals surface area contributed by atoms with Gasteiger partial charge in [-0.25, -0.2) is 4.99 Å². The number of thiazole rings is 1. The van der Waals surface area contributed by atoms with E-state index in [9.17, 15) is 9.59 Å². The molecule has 170 valence electrons. The number of nitrogens with one attached hydrogen (secondary N) is 1. The topological polar surface area (TPSA) is 72.7 Å². The Hall–Kier alpha value is -3.75. The number of anilines is 1. The fourth-order valence-corrected chi connectivity index (χ4v) is 5.63. The first kappa shape index (κ1) is 22.1. The molecule has 1 aliphatic heterocycles. The van der Waals surface area contributed by atoms with Gasteiger partial charge in [0.15, 0.2) is 4.80 Å². The second-order valence-corrected chi connectivity index (χ2v) is 9.52. The van der Waals surface area contributed by atoms with E-state index in [0.717, 1.165) is 11.1 Å². The van der Waals surface area contributed by atoms with Gasteiger partial charge < -0.3 is 10.1 Å². The zero-order chi connectivity index (χ0) is 23.7. The normalized spacial score (nSPS) is 15.6. The summed E-state index contributed by atoms with van der Waals surface area (Å²) in [5.74, 6) is 0.350. The molecule has 3 heterocycles. The molecule has 8 heteroatoms. The Bertz CT molecular complexity index is 1570. The number of amides is 1. The lowest BCUT2D eigenvalue weighted by atomic mass is 9.95. The van der Waals surface area contributed by atoms with Crippen LogP contribution < -0.4 is 24.9 Å². The summed E-state index contributed by atoms with van der Waals surface area (Å²) in [6.45, 7) is 1.81. The molecule has 1 amide bonds. The van der Waals surface area contributed by atoms with Crippen LogP contribution in [0.1, 0.15) is 24.1 Å². The average Bonchev–Trinajstić information content (AvgIpc) is 3.47. The van der Waals surface area contributed by atoms with E-state index in [0.29, 0.717) is 32.0 Å². The van der Waals surface area contributed by atoms with Gasteiger partial charge in [-0.2, -0.15) is 11.3 Å². The summed E-state index contributed by atoms with van der Waals surface area (Å²) in [5.41, 5.74) is 3.23. The van der Waals surface area contributed by atoms with E-state index in [1.165, 1.54) is 11.3 Å². The van der Waals surface area contributed by atoms with E-state index in [4.69, 9.17) is 4.74 Å². The van der Waals surface area contributed by atoms with Gasteiger partial charge in [0.2, 0.25) is 0 Å². The quantitative estimate of drug-likeness (QED) is 0.463. The monoisotopic (exact) mass is 487 g/mol. The smallest absolute Gasteiger partial charge is 0.271 e. The molecule has 1 N–H and O–H groups in total. The summed E-state index contributed by atoms with van der Waals surface area (Å²) >= 11 is 2.90. The van der Waals surface area contributed by atoms with Crippen molar-refractivity contribution in [3.05, 3.63) is 114 Å². The van der Waals surface area contributed by atoms with Gasteiger partial charge in [0.1, 0.15) is 5.75 Å². The van der Waals surface area contributed by atoms with Crippen molar-refractivity contribution < 1.29 is 9.53 Å². The van der Waals surface area contributed by atoms with Crippen molar-refractivity contribution in [1.82, 2.24) is 4.57 Å². The van der Waals surface area contributed by atoms with Crippen molar-refractivity contribution in [2.75, 3.05) is 12.4 Å². The SMILES string of the molecule is COc1cccc([C@@H]2C(C(=O)Nc3ccccc3)=C(C)N=c3sc(=Cc4ccsc4)c(=O)n32)c1. The molecule has 0 aliphatic carbocycles. The van der Waals surface area contributed by atoms with Gasteiger partial charge in [0, 0.05) is 5.69 Å². The van der Waals surface area contributed by atoms with Crippen molar-refractivity contribution in [1.29, 1.82) is 0 Å². The highest BCUT2D eigenvalue weighted by Gasteiger charge is 2.32. The Balaban J connectivity index is 1.70. The molecule has 5 rings (SSSR count). The van der Waals surface area contributed by atoms with Crippen LogP contribution >= 0.6 is 22.7 Å². The van der Waals surface area contributed by atoms with Crippen molar-refractivity contribution in [2.24, 2.45) is 4.99 Å². The number of allylic oxidation sites excluding steroid dienone is 1. The molecule has 0 saturated heterocycles. The number of thiophene rings is 1. The predicted octanol–water partition coefficient (Wildman–Crippen LogP) is 3.94. The van der Waals surface area contributed by atoms with E-state index in [1.54, 1.807) is 23.0 Å². The third-order valence-electron chi connectivity index (χ3n) is 5.55. The van der Waals surface area contributed by atoms with Gasteiger partial charge >= 0.3 is 0 Å². The lowest BCUT2D eigenvalue weighted by Gasteiger charge is -2.25. The van der Waals surface area contributed by atoms with Crippen LogP contribution in [0, 0.1) is 0 Å². The lowest BCUT2D eigenvalue weighted by molar-refractivity contribution is -0.113. The molecule has 0 bridgehead atoms. The number of aromatic nitrogens is 1. The number of nitrogens with zero attached hydrogens (tertiary/aromatic N) is 2. The fraction of sp³-hybridized carbons (Fsp3) is 0.115. The number of hydrogen-bond acceptors (Lipinski definition) is 6. The Morgan fingerprint density at radius 1 is 1.15 bits per heavy atom. The first-order chi connectivity index (χ1) is 16.5. The Kier molecular flexibility index (Phi) is 6.00. The summed E-state index contributed by atoms with van der Waals surface area (Å²) in [6.07, 6.45) is 1.87. The van der Waals surface area contributed by atoms with Crippen LogP contribution in [-0.2, 0) is 4.79 Å². The molecule has 0 saturated carbocycles. The molecule has 0 radical (unpaired) electrons. The van der Waals surface area contributed by atoms with Crippen LogP contribution in [0.2, 0.25) is 0 Å². The molecule has 6 nitrogen and oxygen atoms in total. The molecule has 2 aromatic heterocycles. The maximum atomic E-state index is 13.6. The first-order valence-corrected chi connectivity index (χ1v) is 12.4. The molecule has 0 fully saturated rings. The summed E-state index contributed by atoms with van der Waals surface area (Å²) in [7, 11) is 1.59. The largest absolute Gasteiger partial charge is 0.497 e. The molecule has 0 spiro atoms. The Labute approximate surface area is 203 Å². The van der Waals surface area contributed by atoms with Crippen molar-refractivity contribution in [3.63, 3.8) is 0 Å². The number of ether oxygens (including phenoxy) is 1. The number of carbonyl (C=O) groups excluding carboxylic acids is 1. The van der Waals surface area contributed by atoms with Crippen LogP contribution in [0.15, 0.2) is 92.5 Å². The highest BCUT2D eigenvalue weighted by molar-refractivity contribution is 7.08. The van der Waals surface area contributed by atoms with Crippen LogP contribution in [0.25, 0.3) is 6.08 Å². The predicted molar refractivity (Wildman–Crippen MR) is 136 cm³/mol. The lowest BCUT2D eigenvalue weighted by Crippen LogP contribution is -2.40. The third-order valence-corrected chi connectivity index (χ3v) is 7.23. The van der Waals surface area contributed by atoms with Gasteiger partial charge in [-0.15, -0.1) is 0 Å². The molecule has 4 aromatic rings. The van der Waals surface area contributed by atoms with E-state index in [-0.39, 0.29) is 11.5 Å². The number of methoxy groups -OCH3 is 1. The van der Waals surface area contributed by atoms with Gasteiger partial charge in [0.05, 0.1) is 29.0 Å². The van der Waals surface area contributed by atoms with Gasteiger partial charge in [-0.3, -0.25) is 14.2 Å². The Morgan fingerprint density at radius 2 is 1.97 bits per heavy atom. The third kappa shape index (κ3) is 4.13. The van der Waals surface area contributed by atoms with Crippen molar-refractivity contribution in [3.8, 4) is 5.75 Å². The van der Waals surface area contributed by atoms with Gasteiger partial charge in [-0.05, 0) is 65.2 Å². The van der Waals surface area contributed by atoms with E-state index in [2.05, 4.69) is 10.3 Å². The highest BCUT2D eigenvalue weighted by atomic mass is 32.1. The number of rotatable bonds is 5. The number of fused-ring (bicyclic) bond motifs is 1. The number of benzene rings is 2. The summed E-state index contributed by atoms with van der Waals surface area (Å²) in [6, 6.07) is 18.0. The molecular weight excluding hydrogens is 466 g/mol. The van der Waals surface area contributed by atoms with E-state index in [1.807, 2.05) is 84.4 Å². The minimum Gasteiger partial charge on any atom is -0.497 e. The second kappa shape index (κ2) is 9.24. The molecule has 2 aromatic carbocycles. The van der Waals surface area contributed by atoms with Crippen molar-refractivity contribution >= 4 is 40.3 Å². The van der Waals surface area contributed by atoms with Gasteiger partial charge in [0.25, 0.3) is 11.5 Å². The van der Waals surface area contributed by atoms with E-state index < -0.39 is 6.04 Å². The molecule has 1 aliphatic rings. The maximum Gasteiger partial charge on any atom is 0.271 e. The summed E-state index contributed by atoms with van der Waals surface area (Å²) in [4.78, 5) is 32.4. The van der Waals surface area contributed by atoms with Crippen LogP contribution in [0.5, 0.6) is 5.75 Å². The average molecular weight is 488 g/mol. The molecular formula is C26H21N3O3S2. The second-order valence-electron chi connectivity index (χ2n) is 7.74. The van der Waals surface area contributed by atoms with Crippen LogP contribution in [-0.4, -0.2) is 17.6 Å². The summed E-state index contributed by atoms with van der Waals surface area (Å²) in [5, 5.41) is 6.92. The fourth-order valence-electron chi connectivity index (χ4n) is 3.97. The summed E-state index contributed by atoms with van der Waals surface area (Å²) < 4.78 is 7.62. The molecule has 34 heavy (non-hydrogen) atoms. The van der Waals surface area contributed by atoms with Crippen LogP contribution in [0.4, 0.5) is 5.69 Å². The van der Waals surface area contributed by atoms with Gasteiger partial charge in [-0.1, -0.05) is 41.7 Å². The molecule has 0 unspecified atom stereocenters. The zero-order valence-electron chi connectivity index (χ0n) is 18.5. The van der Waals surface area contributed by atoms with E-state index >= 15 is 0 Å². The van der Waals surface area contributed by atoms with Crippen molar-refractivity contribution in [2.45, 2.75) is 13.0 Å². The highest BCUT2D eigenvalue weighted by Crippen LogP contribution is 2.32. The van der Waals surface area contributed by atoms with Crippen LogP contribution in [0.3, 0.4) is 0 Å². The molecule has 1 atom stereocenters. The maximum absolute atomic E-state index is 13.6. The number of carbonyl (C=O) groups is 1. The number of para-hydroxylation sites is 1.